The second kappa shape index (κ2) is 14.5. The van der Waals surface area contributed by atoms with Gasteiger partial charge >= 0.3 is 0 Å². The molecule has 6 rings (SSSR count). The van der Waals surface area contributed by atoms with Gasteiger partial charge in [-0.2, -0.15) is 0 Å². The molecule has 2 fully saturated rings. The quantitative estimate of drug-likeness (QED) is 0.242. The van der Waals surface area contributed by atoms with Gasteiger partial charge in [0.2, 0.25) is 17.7 Å². The molecule has 0 aliphatic carbocycles. The lowest BCUT2D eigenvalue weighted by atomic mass is 10.1. The van der Waals surface area contributed by atoms with E-state index in [4.69, 9.17) is 14.1 Å². The summed E-state index contributed by atoms with van der Waals surface area (Å²) in [7, 11) is 0. The van der Waals surface area contributed by atoms with E-state index >= 15 is 0 Å². The molecule has 2 aliphatic rings. The topological polar surface area (TPSA) is 116 Å². The average molecular weight is 638 g/mol. The number of benzene rings is 3. The first-order valence-corrected chi connectivity index (χ1v) is 16.1. The van der Waals surface area contributed by atoms with Crippen LogP contribution >= 0.6 is 11.8 Å². The summed E-state index contributed by atoms with van der Waals surface area (Å²) in [6, 6.07) is 27.5. The van der Waals surface area contributed by atoms with Gasteiger partial charge < -0.3 is 24.7 Å². The van der Waals surface area contributed by atoms with Crippen LogP contribution in [0.4, 0.5) is 17.1 Å². The molecule has 3 heterocycles. The monoisotopic (exact) mass is 637 g/mol. The Bertz CT molecular complexity index is 1670. The molecule has 4 aromatic rings. The summed E-state index contributed by atoms with van der Waals surface area (Å²) >= 11 is 1.38. The number of furan rings is 1. The first kappa shape index (κ1) is 31.1. The highest BCUT2D eigenvalue weighted by Crippen LogP contribution is 2.41. The third kappa shape index (κ3) is 7.67. The predicted octanol–water partition coefficient (Wildman–Crippen LogP) is 5.31. The Morgan fingerprint density at radius 1 is 0.957 bits per heavy atom. The highest BCUT2D eigenvalue weighted by Gasteiger charge is 2.39. The van der Waals surface area contributed by atoms with E-state index in [-0.39, 0.29) is 30.7 Å². The van der Waals surface area contributed by atoms with Crippen LogP contribution in [0.5, 0.6) is 0 Å². The lowest BCUT2D eigenvalue weighted by Crippen LogP contribution is -2.42. The van der Waals surface area contributed by atoms with E-state index < -0.39 is 11.3 Å². The number of ether oxygens (including phenoxy) is 1. The fourth-order valence-electron chi connectivity index (χ4n) is 5.26. The van der Waals surface area contributed by atoms with E-state index in [0.29, 0.717) is 29.8 Å². The minimum Gasteiger partial charge on any atom is -0.467 e. The largest absolute Gasteiger partial charge is 0.467 e. The maximum atomic E-state index is 13.7. The molecule has 11 heteroatoms. The number of carbonyl (C=O) groups excluding carboxylic acids is 3. The zero-order chi connectivity index (χ0) is 31.9. The van der Waals surface area contributed by atoms with Crippen molar-refractivity contribution in [2.45, 2.75) is 31.2 Å². The summed E-state index contributed by atoms with van der Waals surface area (Å²) in [5.41, 5.74) is 4.09. The van der Waals surface area contributed by atoms with Crippen molar-refractivity contribution in [3.8, 4) is 0 Å². The van der Waals surface area contributed by atoms with Crippen molar-refractivity contribution >= 4 is 51.7 Å². The molecule has 3 aromatic carbocycles. The van der Waals surface area contributed by atoms with Crippen molar-refractivity contribution in [2.24, 2.45) is 4.99 Å². The Morgan fingerprint density at radius 2 is 1.70 bits per heavy atom. The lowest BCUT2D eigenvalue weighted by Gasteiger charge is -2.28. The van der Waals surface area contributed by atoms with Crippen LogP contribution in [0.2, 0.25) is 0 Å². The van der Waals surface area contributed by atoms with Gasteiger partial charge in [0.05, 0.1) is 38.1 Å². The molecule has 0 radical (unpaired) electrons. The number of morpholine rings is 1. The number of anilines is 2. The third-order valence-corrected chi connectivity index (χ3v) is 8.98. The summed E-state index contributed by atoms with van der Waals surface area (Å²) in [5, 5.41) is 5.66. The van der Waals surface area contributed by atoms with Crippen LogP contribution in [-0.2, 0) is 32.1 Å². The Hall–Kier alpha value is -4.87. The number of amidine groups is 1. The lowest BCUT2D eigenvalue weighted by molar-refractivity contribution is -0.126. The molecule has 236 valence electrons. The molecule has 3 amide bonds. The van der Waals surface area contributed by atoms with Crippen molar-refractivity contribution in [1.82, 2.24) is 10.2 Å². The molecule has 2 saturated heterocycles. The SMILES string of the molecule is CC(NC(=O)Cc1ccccc1)C(=O)Nc1ccc(C2SC(=Nc3ccc(N4CCOCC4)cc3)N(Cc3ccco3)C2=O)cc1. The molecule has 10 nitrogen and oxygen atoms in total. The first-order valence-electron chi connectivity index (χ1n) is 15.2. The number of carbonyl (C=O) groups is 3. The van der Waals surface area contributed by atoms with Crippen molar-refractivity contribution in [3.05, 3.63) is 114 Å². The number of aliphatic imine (C=N–C) groups is 1. The molecular weight excluding hydrogens is 602 g/mol. The van der Waals surface area contributed by atoms with Crippen molar-refractivity contribution in [2.75, 3.05) is 36.5 Å². The molecule has 2 N–H and O–H groups in total. The zero-order valence-corrected chi connectivity index (χ0v) is 26.2. The highest BCUT2D eigenvalue weighted by molar-refractivity contribution is 8.15. The Morgan fingerprint density at radius 3 is 2.39 bits per heavy atom. The second-order valence-electron chi connectivity index (χ2n) is 11.1. The fraction of sp³-hybridized carbons (Fsp3) is 0.257. The summed E-state index contributed by atoms with van der Waals surface area (Å²) in [6.07, 6.45) is 1.78. The molecule has 2 unspecified atom stereocenters. The molecule has 0 saturated carbocycles. The molecular formula is C35H35N5O5S. The number of thioether (sulfide) groups is 1. The normalized spacial score (nSPS) is 18.1. The second-order valence-corrected chi connectivity index (χ2v) is 12.1. The van der Waals surface area contributed by atoms with Crippen LogP contribution in [0.15, 0.2) is 107 Å². The van der Waals surface area contributed by atoms with E-state index in [9.17, 15) is 14.4 Å². The third-order valence-electron chi connectivity index (χ3n) is 7.75. The van der Waals surface area contributed by atoms with Gasteiger partial charge in [0.25, 0.3) is 0 Å². The molecule has 2 aliphatic heterocycles. The molecule has 46 heavy (non-hydrogen) atoms. The highest BCUT2D eigenvalue weighted by atomic mass is 32.2. The van der Waals surface area contributed by atoms with E-state index in [1.54, 1.807) is 36.3 Å². The van der Waals surface area contributed by atoms with Gasteiger partial charge in [-0.15, -0.1) is 0 Å². The van der Waals surface area contributed by atoms with Gasteiger partial charge in [-0.1, -0.05) is 54.2 Å². The molecule has 1 aromatic heterocycles. The number of amides is 3. The Kier molecular flexibility index (Phi) is 9.80. The fourth-order valence-corrected chi connectivity index (χ4v) is 6.43. The zero-order valence-electron chi connectivity index (χ0n) is 25.4. The summed E-state index contributed by atoms with van der Waals surface area (Å²) in [5.74, 6) is -0.00521. The van der Waals surface area contributed by atoms with Crippen LogP contribution in [-0.4, -0.2) is 60.1 Å². The van der Waals surface area contributed by atoms with Crippen LogP contribution in [0.25, 0.3) is 0 Å². The van der Waals surface area contributed by atoms with Crippen LogP contribution in [0, 0.1) is 0 Å². The van der Waals surface area contributed by atoms with Crippen molar-refractivity contribution in [1.29, 1.82) is 0 Å². The first-order chi connectivity index (χ1) is 22.4. The van der Waals surface area contributed by atoms with Gasteiger partial charge in [0.1, 0.15) is 17.1 Å². The minimum atomic E-state index is -0.722. The number of nitrogens with one attached hydrogen (secondary N) is 2. The standard InChI is InChI=1S/C35H35N5O5S/c1-24(36-31(41)22-25-6-3-2-4-7-25)33(42)37-27-11-9-26(10-12-27)32-34(43)40(23-30-8-5-19-45-30)35(46-32)38-28-13-15-29(16-14-28)39-17-20-44-21-18-39/h2-16,19,24,32H,17-18,20-23H2,1H3,(H,36,41)(H,37,42). The summed E-state index contributed by atoms with van der Waals surface area (Å²) < 4.78 is 11.0. The van der Waals surface area contributed by atoms with Crippen LogP contribution in [0.3, 0.4) is 0 Å². The number of nitrogens with zero attached hydrogens (tertiary/aromatic N) is 3. The predicted molar refractivity (Wildman–Crippen MR) is 179 cm³/mol. The van der Waals surface area contributed by atoms with Gasteiger partial charge in [-0.25, -0.2) is 4.99 Å². The Balaban J connectivity index is 1.12. The van der Waals surface area contributed by atoms with Crippen molar-refractivity contribution < 1.29 is 23.5 Å². The smallest absolute Gasteiger partial charge is 0.247 e. The molecule has 0 bridgehead atoms. The van der Waals surface area contributed by atoms with E-state index in [1.807, 2.05) is 72.8 Å². The van der Waals surface area contributed by atoms with Gasteiger partial charge in [0.15, 0.2) is 5.17 Å². The maximum Gasteiger partial charge on any atom is 0.247 e. The van der Waals surface area contributed by atoms with Gasteiger partial charge in [0, 0.05) is 24.5 Å². The number of hydrogen-bond donors (Lipinski definition) is 2. The Labute approximate surface area is 271 Å². The van der Waals surface area contributed by atoms with Crippen LogP contribution < -0.4 is 15.5 Å². The van der Waals surface area contributed by atoms with Gasteiger partial charge in [-0.3, -0.25) is 19.3 Å². The van der Waals surface area contributed by atoms with E-state index in [0.717, 1.165) is 35.6 Å². The van der Waals surface area contributed by atoms with E-state index in [2.05, 4.69) is 15.5 Å². The summed E-state index contributed by atoms with van der Waals surface area (Å²) in [6.45, 7) is 5.04. The number of hydrogen-bond acceptors (Lipinski definition) is 8. The van der Waals surface area contributed by atoms with Crippen LogP contribution in [0.1, 0.15) is 29.1 Å². The average Bonchev–Trinajstić information content (AvgIpc) is 3.70. The number of rotatable bonds is 10. The van der Waals surface area contributed by atoms with Crippen molar-refractivity contribution in [3.63, 3.8) is 0 Å². The molecule has 0 spiro atoms. The summed E-state index contributed by atoms with van der Waals surface area (Å²) in [4.78, 5) is 47.7. The van der Waals surface area contributed by atoms with Gasteiger partial charge in [-0.05, 0) is 66.6 Å². The minimum absolute atomic E-state index is 0.100. The molecule has 2 atom stereocenters. The van der Waals surface area contributed by atoms with E-state index in [1.165, 1.54) is 11.8 Å². The maximum absolute atomic E-state index is 13.7.